The molecule has 35 N–H and O–H groups in total. The molecule has 1 rings (SSSR count). The van der Waals surface area contributed by atoms with Gasteiger partial charge in [-0.15, -0.1) is 0 Å². The molecule has 1 heterocycles. The van der Waals surface area contributed by atoms with Gasteiger partial charge in [-0.2, -0.15) is 0 Å². The molecule has 0 aromatic heterocycles. The third-order valence-electron chi connectivity index (χ3n) is 19.7. The number of aliphatic carboxylic acids is 3. The summed E-state index contributed by atoms with van der Waals surface area (Å²) in [5, 5.41) is 127. The minimum Gasteiger partial charge on any atom is -0.481 e. The minimum atomic E-state index is -2.00. The first-order chi connectivity index (χ1) is 60.2. The van der Waals surface area contributed by atoms with E-state index in [1.54, 1.807) is 20.8 Å². The van der Waals surface area contributed by atoms with Crippen molar-refractivity contribution in [3.63, 3.8) is 0 Å². The van der Waals surface area contributed by atoms with Crippen molar-refractivity contribution in [1.29, 1.82) is 0 Å². The standard InChI is InChI=1S/C75H127N23O31/c1-11-34(8)56(96-61(115)39(17-19-50(78)106)85-70(124)55(33(6)7)94-59(113)37(76)23-52(108)109)71(125)97-57(36(10)104)72(126)86-38(16-18-49(77)105)60(114)93-47(30-103)73(127)98-21-13-15-48(98)68(122)92-45(28-101)66(120)91-44(27-100)65(119)88-41(22-31(2)3)62(116)90-43(26-99)64(118)83-35(9)58(112)89-46(29-102)67(121)95-54(32(4)5)69(123)82-25-51(107)84-42(24-53(110)111)63(117)87-40(74(128)129)14-12-20-81-75(79)80/h31-48,54-57,99-104H,11-30,76H2,1-10H3,(H2,77,105)(H2,78,106)(H,82,123)(H,83,118)(H,84,107)(H,85,124)(H,86,126)(H,87,117)(H,88,119)(H,89,112)(H,90,116)(H,91,120)(H,92,122)(H,93,114)(H,94,113)(H,95,121)(H,96,115)(H,97,125)(H,108,109)(H,110,111)(H,128,129)(H4,79,80,81)/t34-,35-,36+,37-,38-,39-,40-,41-,42-,43-,44-,45-,46-,47-,48-,54-,55-,56-,57-/m0/s1. The third-order valence-corrected chi connectivity index (χ3v) is 19.7. The number of carbonyl (C=O) groups excluding carboxylic acids is 19. The number of hydrogen-bond donors (Lipinski definition) is 30. The summed E-state index contributed by atoms with van der Waals surface area (Å²) in [7, 11) is 0. The van der Waals surface area contributed by atoms with Crippen LogP contribution in [0.3, 0.4) is 0 Å². The summed E-state index contributed by atoms with van der Waals surface area (Å²) in [4.78, 5) is 295. The van der Waals surface area contributed by atoms with Crippen molar-refractivity contribution in [3.8, 4) is 0 Å². The van der Waals surface area contributed by atoms with E-state index in [1.807, 2.05) is 0 Å². The molecule has 0 aromatic carbocycles. The summed E-state index contributed by atoms with van der Waals surface area (Å²) in [6.45, 7) is 7.11. The summed E-state index contributed by atoms with van der Waals surface area (Å²) >= 11 is 0. The molecule has 728 valence electrons. The summed E-state index contributed by atoms with van der Waals surface area (Å²) in [5.74, 6) is -29.5. The van der Waals surface area contributed by atoms with Crippen molar-refractivity contribution in [2.75, 3.05) is 52.7 Å². The van der Waals surface area contributed by atoms with Gasteiger partial charge in [0.2, 0.25) is 112 Å². The van der Waals surface area contributed by atoms with Crippen molar-refractivity contribution < 1.29 is 151 Å². The van der Waals surface area contributed by atoms with Crippen molar-refractivity contribution in [1.82, 2.24) is 90.0 Å². The van der Waals surface area contributed by atoms with Gasteiger partial charge in [0.1, 0.15) is 96.7 Å². The summed E-state index contributed by atoms with van der Waals surface area (Å²) in [5.41, 5.74) is 26.9. The van der Waals surface area contributed by atoms with E-state index in [-0.39, 0.29) is 57.6 Å². The van der Waals surface area contributed by atoms with Crippen LogP contribution in [0.15, 0.2) is 4.99 Å². The zero-order chi connectivity index (χ0) is 98.7. The Kier molecular flexibility index (Phi) is 50.7. The molecule has 129 heavy (non-hydrogen) atoms. The highest BCUT2D eigenvalue weighted by Crippen LogP contribution is 2.20. The Labute approximate surface area is 740 Å². The van der Waals surface area contributed by atoms with E-state index in [2.05, 4.69) is 90.1 Å². The Morgan fingerprint density at radius 3 is 1.26 bits per heavy atom. The molecular weight excluding hydrogens is 1720 g/mol. The fourth-order valence-electron chi connectivity index (χ4n) is 12.2. The monoisotopic (exact) mass is 1850 g/mol. The molecule has 0 unspecified atom stereocenters. The SMILES string of the molecule is CC[C@H](C)[C@H](NC(=O)[C@H](CCC(N)=O)NC(=O)[C@@H](NC(=O)[C@@H](N)CC(=O)O)C(C)C)C(=O)N[C@H](C(=O)N[C@@H](CCC(N)=O)C(=O)N[C@@H](CO)C(=O)N1CCC[C@H]1C(=O)N[C@@H](CO)C(=O)N[C@@H](CO)C(=O)N[C@@H](CC(C)C)C(=O)N[C@@H](CO)C(=O)N[C@@H](C)C(=O)N[C@@H](CO)C(=O)N[C@H](C(=O)NCC(=O)N[C@@H](CC(=O)O)C(=O)N[C@@H](CCCN=C(N)N)C(=O)O)C(C)C)[C@@H](C)O. The summed E-state index contributed by atoms with van der Waals surface area (Å²) in [6, 6.07) is -29.6. The maximum absolute atomic E-state index is 14.2. The van der Waals surface area contributed by atoms with Crippen LogP contribution < -0.4 is 114 Å². The summed E-state index contributed by atoms with van der Waals surface area (Å²) < 4.78 is 0. The first-order valence-electron chi connectivity index (χ1n) is 41.1. The second-order valence-corrected chi connectivity index (χ2v) is 31.5. The molecule has 1 fully saturated rings. The Balaban J connectivity index is 3.27. The van der Waals surface area contributed by atoms with Gasteiger partial charge >= 0.3 is 17.9 Å². The van der Waals surface area contributed by atoms with Crippen molar-refractivity contribution in [3.05, 3.63) is 0 Å². The average molecular weight is 1850 g/mol. The number of nitrogens with two attached hydrogens (primary N) is 5. The van der Waals surface area contributed by atoms with Crippen LogP contribution in [0.25, 0.3) is 0 Å². The Bertz CT molecular complexity index is 3960. The number of aliphatic imine (C=N–C) groups is 1. The van der Waals surface area contributed by atoms with E-state index < -0.39 is 341 Å². The summed E-state index contributed by atoms with van der Waals surface area (Å²) in [6.07, 6.45) is -6.24. The molecule has 1 aliphatic rings. The Hall–Kier alpha value is -12.7. The van der Waals surface area contributed by atoms with Crippen molar-refractivity contribution in [2.45, 2.75) is 255 Å². The molecule has 54 nitrogen and oxygen atoms in total. The Morgan fingerprint density at radius 1 is 0.411 bits per heavy atom. The van der Waals surface area contributed by atoms with Crippen LogP contribution in [-0.2, 0) is 105 Å². The number of primary amides is 2. The van der Waals surface area contributed by atoms with Crippen molar-refractivity contribution in [2.24, 2.45) is 57.3 Å². The number of hydrogen-bond acceptors (Lipinski definition) is 30. The second-order valence-electron chi connectivity index (χ2n) is 31.5. The zero-order valence-electron chi connectivity index (χ0n) is 73.1. The molecule has 0 spiro atoms. The van der Waals surface area contributed by atoms with E-state index in [0.29, 0.717) is 0 Å². The number of aliphatic hydroxyl groups excluding tert-OH is 6. The van der Waals surface area contributed by atoms with Gasteiger partial charge in [-0.3, -0.25) is 106 Å². The van der Waals surface area contributed by atoms with E-state index in [4.69, 9.17) is 33.8 Å². The maximum atomic E-state index is 14.2. The predicted molar refractivity (Wildman–Crippen MR) is 445 cm³/mol. The largest absolute Gasteiger partial charge is 0.481 e. The topological polar surface area (TPSA) is 896 Å². The van der Waals surface area contributed by atoms with Crippen LogP contribution in [0, 0.1) is 23.7 Å². The van der Waals surface area contributed by atoms with Gasteiger partial charge in [-0.25, -0.2) is 4.79 Å². The number of amides is 19. The van der Waals surface area contributed by atoms with Crippen LogP contribution in [0.4, 0.5) is 0 Å². The molecule has 54 heteroatoms. The van der Waals surface area contributed by atoms with E-state index in [0.717, 1.165) is 18.7 Å². The molecule has 1 aliphatic heterocycles. The number of guanidine groups is 1. The molecule has 19 atom stereocenters. The normalized spacial score (nSPS) is 16.5. The number of aliphatic hydroxyl groups is 6. The lowest BCUT2D eigenvalue weighted by Crippen LogP contribution is -2.63. The number of carbonyl (C=O) groups is 22. The third kappa shape index (κ3) is 40.5. The predicted octanol–water partition coefficient (Wildman–Crippen LogP) is -14.9. The number of carboxylic acid groups (broad SMARTS) is 3. The molecule has 0 aliphatic carbocycles. The number of nitrogens with zero attached hydrogens (tertiary/aromatic N) is 2. The lowest BCUT2D eigenvalue weighted by molar-refractivity contribution is -0.144. The van der Waals surface area contributed by atoms with E-state index in [1.165, 1.54) is 34.6 Å². The molecule has 0 saturated carbocycles. The van der Waals surface area contributed by atoms with Crippen molar-refractivity contribution >= 4 is 136 Å². The van der Waals surface area contributed by atoms with E-state index in [9.17, 15) is 146 Å². The van der Waals surface area contributed by atoms with Gasteiger partial charge in [0.05, 0.1) is 64.6 Å². The van der Waals surface area contributed by atoms with Gasteiger partial charge in [-0.1, -0.05) is 61.8 Å². The van der Waals surface area contributed by atoms with Gasteiger partial charge in [0.25, 0.3) is 0 Å². The minimum absolute atomic E-state index is 0.0167. The van der Waals surface area contributed by atoms with Crippen LogP contribution in [-0.4, -0.2) is 348 Å². The van der Waals surface area contributed by atoms with E-state index >= 15 is 0 Å². The van der Waals surface area contributed by atoms with Gasteiger partial charge in [0.15, 0.2) is 5.96 Å². The number of carboxylic acids is 3. The highest BCUT2D eigenvalue weighted by atomic mass is 16.4. The smallest absolute Gasteiger partial charge is 0.326 e. The van der Waals surface area contributed by atoms with Crippen LogP contribution in [0.2, 0.25) is 0 Å². The van der Waals surface area contributed by atoms with Gasteiger partial charge in [-0.05, 0) is 82.5 Å². The van der Waals surface area contributed by atoms with Crippen LogP contribution >= 0.6 is 0 Å². The molecule has 0 radical (unpaired) electrons. The lowest BCUT2D eigenvalue weighted by atomic mass is 9.96. The quantitative estimate of drug-likeness (QED) is 0.0153. The molecule has 19 amide bonds. The number of likely N-dealkylation sites (tertiary alicyclic amines) is 1. The van der Waals surface area contributed by atoms with Gasteiger partial charge < -0.3 is 165 Å². The Morgan fingerprint density at radius 2 is 0.798 bits per heavy atom. The maximum Gasteiger partial charge on any atom is 0.326 e. The van der Waals surface area contributed by atoms with Gasteiger partial charge in [0, 0.05) is 25.9 Å². The molecule has 0 bridgehead atoms. The number of nitrogens with one attached hydrogen (secondary N) is 16. The first kappa shape index (κ1) is 114. The molecular formula is C75H127N23O31. The fraction of sp³-hybridized carbons (Fsp3) is 0.693. The van der Waals surface area contributed by atoms with Crippen LogP contribution in [0.5, 0.6) is 0 Å². The fourth-order valence-corrected chi connectivity index (χ4v) is 12.2. The number of rotatable bonds is 60. The highest BCUT2D eigenvalue weighted by Gasteiger charge is 2.43. The molecule has 0 aromatic rings. The second kappa shape index (κ2) is 57.2. The highest BCUT2D eigenvalue weighted by molar-refractivity contribution is 6.02. The first-order valence-corrected chi connectivity index (χ1v) is 41.1. The average Bonchev–Trinajstić information content (AvgIpc) is 1.71. The van der Waals surface area contributed by atoms with Crippen LogP contribution in [0.1, 0.15) is 146 Å². The zero-order valence-corrected chi connectivity index (χ0v) is 73.1. The molecule has 1 saturated heterocycles. The lowest BCUT2D eigenvalue weighted by Gasteiger charge is -2.31.